The second-order valence-electron chi connectivity index (χ2n) is 12.4. The van der Waals surface area contributed by atoms with Gasteiger partial charge < -0.3 is 19.9 Å². The summed E-state index contributed by atoms with van der Waals surface area (Å²) in [5.74, 6) is 1.69. The van der Waals surface area contributed by atoms with Crippen molar-refractivity contribution in [2.75, 3.05) is 75.3 Å². The van der Waals surface area contributed by atoms with E-state index in [0.29, 0.717) is 24.3 Å². The van der Waals surface area contributed by atoms with E-state index in [2.05, 4.69) is 60.5 Å². The molecule has 0 spiro atoms. The molecule has 0 saturated carbocycles. The van der Waals surface area contributed by atoms with Crippen molar-refractivity contribution in [3.05, 3.63) is 72.6 Å². The van der Waals surface area contributed by atoms with Gasteiger partial charge in [0.05, 0.1) is 31.6 Å². The van der Waals surface area contributed by atoms with Crippen LogP contribution in [-0.4, -0.2) is 95.6 Å². The lowest BCUT2D eigenvalue weighted by Gasteiger charge is -2.43. The van der Waals surface area contributed by atoms with Gasteiger partial charge in [0.2, 0.25) is 0 Å². The van der Waals surface area contributed by atoms with Crippen molar-refractivity contribution in [1.29, 1.82) is 0 Å². The number of anilines is 4. The van der Waals surface area contributed by atoms with Crippen LogP contribution in [0.2, 0.25) is 0 Å². The number of methoxy groups -OCH3 is 1. The summed E-state index contributed by atoms with van der Waals surface area (Å²) in [5.41, 5.74) is 5.03. The molecule has 5 heterocycles. The lowest BCUT2D eigenvalue weighted by Crippen LogP contribution is -2.52. The maximum Gasteiger partial charge on any atom is 0.158 e. The van der Waals surface area contributed by atoms with E-state index in [0.717, 1.165) is 92.3 Å². The standard InChI is InChI=1S/C34H42FN9O2/c1-40-13-15-42(16-14-40)27-8-11-43(12-9-27)31-19-32(45-3)29(18-28(31)25-21-38-41(2)22-25)39-33-20-34(37-23-36-33)44-30(10-17-46-44)24-4-6-26(35)7-5-24/h4-7,18-23,27,30H,8-17H2,1-3H3,(H,36,37,39)/t30-/m1/s1. The van der Waals surface area contributed by atoms with Crippen molar-refractivity contribution < 1.29 is 14.0 Å². The number of benzene rings is 2. The van der Waals surface area contributed by atoms with Crippen molar-refractivity contribution in [2.24, 2.45) is 7.05 Å². The van der Waals surface area contributed by atoms with Crippen LogP contribution in [-0.2, 0) is 11.9 Å². The fourth-order valence-corrected chi connectivity index (χ4v) is 6.90. The first-order valence-corrected chi connectivity index (χ1v) is 16.1. The molecule has 12 heteroatoms. The Morgan fingerprint density at radius 2 is 1.72 bits per heavy atom. The van der Waals surface area contributed by atoms with E-state index < -0.39 is 0 Å². The summed E-state index contributed by atoms with van der Waals surface area (Å²) in [4.78, 5) is 22.6. The molecule has 0 radical (unpaired) electrons. The molecule has 0 amide bonds. The van der Waals surface area contributed by atoms with Crippen LogP contribution in [0, 0.1) is 5.82 Å². The van der Waals surface area contributed by atoms with Crippen LogP contribution >= 0.6 is 0 Å². The van der Waals surface area contributed by atoms with Gasteiger partial charge >= 0.3 is 0 Å². The number of nitrogens with zero attached hydrogens (tertiary/aromatic N) is 8. The molecule has 2 aromatic heterocycles. The van der Waals surface area contributed by atoms with Gasteiger partial charge in [-0.1, -0.05) is 12.1 Å². The molecule has 242 valence electrons. The highest BCUT2D eigenvalue weighted by Crippen LogP contribution is 2.42. The number of ether oxygens (including phenoxy) is 1. The van der Waals surface area contributed by atoms with Crippen LogP contribution in [0.5, 0.6) is 5.75 Å². The quantitative estimate of drug-likeness (QED) is 0.292. The third kappa shape index (κ3) is 6.37. The minimum atomic E-state index is -0.261. The smallest absolute Gasteiger partial charge is 0.158 e. The third-order valence-electron chi connectivity index (χ3n) is 9.49. The van der Waals surface area contributed by atoms with Crippen molar-refractivity contribution in [3.63, 3.8) is 0 Å². The predicted octanol–water partition coefficient (Wildman–Crippen LogP) is 4.87. The minimum absolute atomic E-state index is 0.0743. The maximum atomic E-state index is 13.6. The average Bonchev–Trinajstić information content (AvgIpc) is 3.75. The Morgan fingerprint density at radius 1 is 0.935 bits per heavy atom. The van der Waals surface area contributed by atoms with Crippen molar-refractivity contribution in [1.82, 2.24) is 29.5 Å². The lowest BCUT2D eigenvalue weighted by atomic mass is 9.98. The fraction of sp³-hybridized carbons (Fsp3) is 0.441. The zero-order valence-corrected chi connectivity index (χ0v) is 26.8. The van der Waals surface area contributed by atoms with E-state index in [1.165, 1.54) is 18.5 Å². The lowest BCUT2D eigenvalue weighted by molar-refractivity contribution is 0.0982. The number of likely N-dealkylation sites (N-methyl/N-ethyl adjacent to an activating group) is 1. The number of halogens is 1. The molecular formula is C34H42FN9O2. The Balaban J connectivity index is 1.14. The van der Waals surface area contributed by atoms with Crippen molar-refractivity contribution in [2.45, 2.75) is 31.3 Å². The fourth-order valence-electron chi connectivity index (χ4n) is 6.90. The van der Waals surface area contributed by atoms with Crippen LogP contribution in [0.3, 0.4) is 0 Å². The van der Waals surface area contributed by atoms with Gasteiger partial charge in [-0.25, -0.2) is 19.4 Å². The summed E-state index contributed by atoms with van der Waals surface area (Å²) in [6.45, 7) is 7.11. The van der Waals surface area contributed by atoms with Gasteiger partial charge in [-0.05, 0) is 43.7 Å². The van der Waals surface area contributed by atoms with Crippen LogP contribution in [0.15, 0.2) is 61.2 Å². The Morgan fingerprint density at radius 3 is 2.43 bits per heavy atom. The van der Waals surface area contributed by atoms with E-state index in [1.807, 2.05) is 24.0 Å². The molecule has 3 aliphatic rings. The number of aromatic nitrogens is 4. The van der Waals surface area contributed by atoms with E-state index in [-0.39, 0.29) is 11.9 Å². The van der Waals surface area contributed by atoms with Crippen LogP contribution in [0.1, 0.15) is 30.9 Å². The second kappa shape index (κ2) is 13.2. The largest absolute Gasteiger partial charge is 0.494 e. The third-order valence-corrected chi connectivity index (χ3v) is 9.49. The molecule has 0 bridgehead atoms. The summed E-state index contributed by atoms with van der Waals surface area (Å²) in [6.07, 6.45) is 8.53. The molecule has 3 fully saturated rings. The van der Waals surface area contributed by atoms with E-state index in [1.54, 1.807) is 24.3 Å². The summed E-state index contributed by atoms with van der Waals surface area (Å²) in [7, 11) is 5.85. The molecular weight excluding hydrogens is 585 g/mol. The number of hydroxylamine groups is 1. The van der Waals surface area contributed by atoms with Gasteiger partial charge in [0.25, 0.3) is 0 Å². The van der Waals surface area contributed by atoms with Gasteiger partial charge in [-0.3, -0.25) is 14.4 Å². The summed E-state index contributed by atoms with van der Waals surface area (Å²) in [5, 5.41) is 9.75. The first-order chi connectivity index (χ1) is 22.4. The van der Waals surface area contributed by atoms with Crippen molar-refractivity contribution >= 4 is 23.0 Å². The van der Waals surface area contributed by atoms with Gasteiger partial charge in [0, 0.05) is 93.9 Å². The highest BCUT2D eigenvalue weighted by molar-refractivity contribution is 5.85. The van der Waals surface area contributed by atoms with Crippen LogP contribution in [0.25, 0.3) is 11.1 Å². The van der Waals surface area contributed by atoms with E-state index in [9.17, 15) is 4.39 Å². The molecule has 1 atom stereocenters. The molecule has 3 aliphatic heterocycles. The van der Waals surface area contributed by atoms with Crippen molar-refractivity contribution in [3.8, 4) is 16.9 Å². The summed E-state index contributed by atoms with van der Waals surface area (Å²) in [6, 6.07) is 13.2. The average molecular weight is 628 g/mol. The Hall–Kier alpha value is -4.26. The number of rotatable bonds is 8. The molecule has 0 unspecified atom stereocenters. The highest BCUT2D eigenvalue weighted by Gasteiger charge is 2.30. The number of hydrogen-bond donors (Lipinski definition) is 1. The van der Waals surface area contributed by atoms with Crippen LogP contribution < -0.4 is 20.0 Å². The Bertz CT molecular complexity index is 1630. The van der Waals surface area contributed by atoms with E-state index >= 15 is 0 Å². The normalized spacial score (nSPS) is 20.0. The number of piperidine rings is 1. The second-order valence-corrected chi connectivity index (χ2v) is 12.4. The summed E-state index contributed by atoms with van der Waals surface area (Å²) < 4.78 is 21.4. The first-order valence-electron chi connectivity index (χ1n) is 16.1. The molecule has 7 rings (SSSR count). The summed E-state index contributed by atoms with van der Waals surface area (Å²) >= 11 is 0. The van der Waals surface area contributed by atoms with Gasteiger partial charge in [-0.15, -0.1) is 0 Å². The SMILES string of the molecule is COc1cc(N2CCC(N3CCN(C)CC3)CC2)c(-c2cnn(C)c2)cc1Nc1cc(N2OCC[C@@H]2c2ccc(F)cc2)ncn1. The van der Waals surface area contributed by atoms with Gasteiger partial charge in [0.15, 0.2) is 5.82 Å². The van der Waals surface area contributed by atoms with Crippen LogP contribution in [0.4, 0.5) is 27.4 Å². The monoisotopic (exact) mass is 627 g/mol. The molecule has 46 heavy (non-hydrogen) atoms. The number of piperazine rings is 1. The van der Waals surface area contributed by atoms with Gasteiger partial charge in [0.1, 0.15) is 23.7 Å². The van der Waals surface area contributed by atoms with E-state index in [4.69, 9.17) is 9.57 Å². The number of aryl methyl sites for hydroxylation is 1. The number of nitrogens with one attached hydrogen (secondary N) is 1. The topological polar surface area (TPSA) is 87.1 Å². The number of hydrogen-bond acceptors (Lipinski definition) is 10. The Kier molecular flexibility index (Phi) is 8.74. The molecule has 3 saturated heterocycles. The molecule has 4 aromatic rings. The minimum Gasteiger partial charge on any atom is -0.494 e. The van der Waals surface area contributed by atoms with Gasteiger partial charge in [-0.2, -0.15) is 5.10 Å². The Labute approximate surface area is 269 Å². The highest BCUT2D eigenvalue weighted by atomic mass is 19.1. The molecule has 0 aliphatic carbocycles. The molecule has 11 nitrogen and oxygen atoms in total. The maximum absolute atomic E-state index is 13.6. The molecule has 2 aromatic carbocycles. The molecule has 1 N–H and O–H groups in total. The zero-order chi connectivity index (χ0) is 31.6. The zero-order valence-electron chi connectivity index (χ0n) is 26.8. The predicted molar refractivity (Wildman–Crippen MR) is 177 cm³/mol. The first kappa shape index (κ1) is 30.4.